The highest BCUT2D eigenvalue weighted by Gasteiger charge is 2.17. The number of ether oxygens (including phenoxy) is 1. The zero-order valence-corrected chi connectivity index (χ0v) is 19.4. The van der Waals surface area contributed by atoms with Crippen LogP contribution in [-0.2, 0) is 29.8 Å². The molecule has 1 aromatic heterocycles. The van der Waals surface area contributed by atoms with Gasteiger partial charge in [0.25, 0.3) is 5.91 Å². The second-order valence-corrected chi connectivity index (χ2v) is 8.95. The highest BCUT2D eigenvalue weighted by Crippen LogP contribution is 2.23. The van der Waals surface area contributed by atoms with Gasteiger partial charge in [-0.3, -0.25) is 9.69 Å². The minimum absolute atomic E-state index is 0.126. The normalized spacial score (nSPS) is 11.7. The molecule has 0 aliphatic rings. The summed E-state index contributed by atoms with van der Waals surface area (Å²) < 4.78 is 10.6. The van der Waals surface area contributed by atoms with Gasteiger partial charge in [-0.1, -0.05) is 75.4 Å². The first-order chi connectivity index (χ1) is 15.3. The standard InChI is InChI=1S/C26H33N3O3/c1-26(2,3)22-12-10-21(11-13-22)17-29(16-20-8-6-5-7-9-20)18-24-28-23(19-32-24)25(30)27-14-15-31-4/h5-13,19H,14-18H2,1-4H3,(H,27,30). The Kier molecular flexibility index (Phi) is 8.20. The molecule has 170 valence electrons. The summed E-state index contributed by atoms with van der Waals surface area (Å²) in [6, 6.07) is 19.1. The summed E-state index contributed by atoms with van der Waals surface area (Å²) >= 11 is 0. The van der Waals surface area contributed by atoms with Crippen molar-refractivity contribution < 1.29 is 13.9 Å². The number of aromatic nitrogens is 1. The molecule has 1 amide bonds. The van der Waals surface area contributed by atoms with E-state index in [9.17, 15) is 4.79 Å². The number of benzene rings is 2. The predicted octanol–water partition coefficient (Wildman–Crippen LogP) is 4.55. The Balaban J connectivity index is 1.71. The van der Waals surface area contributed by atoms with Crippen LogP contribution >= 0.6 is 0 Å². The topological polar surface area (TPSA) is 67.6 Å². The summed E-state index contributed by atoms with van der Waals surface area (Å²) in [5.74, 6) is 0.258. The molecule has 0 unspecified atom stereocenters. The number of nitrogens with one attached hydrogen (secondary N) is 1. The van der Waals surface area contributed by atoms with Crippen LogP contribution in [0.4, 0.5) is 0 Å². The second-order valence-electron chi connectivity index (χ2n) is 8.95. The zero-order chi connectivity index (χ0) is 23.0. The molecular weight excluding hydrogens is 402 g/mol. The van der Waals surface area contributed by atoms with E-state index in [1.165, 1.54) is 23.0 Å². The predicted molar refractivity (Wildman–Crippen MR) is 125 cm³/mol. The number of nitrogens with zero attached hydrogens (tertiary/aromatic N) is 2. The van der Waals surface area contributed by atoms with E-state index < -0.39 is 0 Å². The van der Waals surface area contributed by atoms with Crippen molar-refractivity contribution in [2.45, 2.75) is 45.8 Å². The van der Waals surface area contributed by atoms with Crippen LogP contribution in [0, 0.1) is 0 Å². The van der Waals surface area contributed by atoms with E-state index in [-0.39, 0.29) is 17.0 Å². The summed E-state index contributed by atoms with van der Waals surface area (Å²) in [5.41, 5.74) is 4.15. The fourth-order valence-electron chi connectivity index (χ4n) is 3.41. The quantitative estimate of drug-likeness (QED) is 0.473. The first-order valence-electron chi connectivity index (χ1n) is 10.9. The molecule has 0 fully saturated rings. The molecule has 0 aliphatic heterocycles. The van der Waals surface area contributed by atoms with Gasteiger partial charge in [0.05, 0.1) is 13.2 Å². The number of carbonyl (C=O) groups is 1. The molecule has 3 rings (SSSR count). The number of rotatable bonds is 10. The third kappa shape index (κ3) is 7.04. The van der Waals surface area contributed by atoms with Crippen LogP contribution in [0.1, 0.15) is 53.8 Å². The summed E-state index contributed by atoms with van der Waals surface area (Å²) in [6.07, 6.45) is 1.41. The van der Waals surface area contributed by atoms with E-state index >= 15 is 0 Å². The zero-order valence-electron chi connectivity index (χ0n) is 19.4. The Morgan fingerprint density at radius 2 is 1.66 bits per heavy atom. The second kappa shape index (κ2) is 11.1. The van der Waals surface area contributed by atoms with Crippen molar-refractivity contribution >= 4 is 5.91 Å². The lowest BCUT2D eigenvalue weighted by atomic mass is 9.87. The van der Waals surface area contributed by atoms with Gasteiger partial charge in [-0.05, 0) is 22.1 Å². The molecule has 0 saturated heterocycles. The Labute approximate surface area is 190 Å². The molecule has 1 heterocycles. The van der Waals surface area contributed by atoms with Crippen LogP contribution in [0.5, 0.6) is 0 Å². The number of methoxy groups -OCH3 is 1. The first-order valence-corrected chi connectivity index (χ1v) is 10.9. The summed E-state index contributed by atoms with van der Waals surface area (Å²) in [5, 5.41) is 2.76. The number of oxazole rings is 1. The monoisotopic (exact) mass is 435 g/mol. The average Bonchev–Trinajstić information content (AvgIpc) is 3.23. The molecule has 2 aromatic carbocycles. The smallest absolute Gasteiger partial charge is 0.273 e. The molecule has 0 spiro atoms. The molecular formula is C26H33N3O3. The van der Waals surface area contributed by atoms with Gasteiger partial charge in [-0.2, -0.15) is 0 Å². The molecule has 0 radical (unpaired) electrons. The fourth-order valence-corrected chi connectivity index (χ4v) is 3.41. The van der Waals surface area contributed by atoms with Crippen LogP contribution in [-0.4, -0.2) is 36.1 Å². The van der Waals surface area contributed by atoms with E-state index in [0.717, 1.165) is 13.1 Å². The number of amides is 1. The van der Waals surface area contributed by atoms with Crippen molar-refractivity contribution in [1.82, 2.24) is 15.2 Å². The molecule has 32 heavy (non-hydrogen) atoms. The number of hydrogen-bond donors (Lipinski definition) is 1. The fraction of sp³-hybridized carbons (Fsp3) is 0.385. The maximum absolute atomic E-state index is 12.2. The minimum Gasteiger partial charge on any atom is -0.447 e. The van der Waals surface area contributed by atoms with Crippen molar-refractivity contribution in [2.24, 2.45) is 0 Å². The number of hydrogen-bond acceptors (Lipinski definition) is 5. The van der Waals surface area contributed by atoms with Gasteiger partial charge in [0.15, 0.2) is 5.69 Å². The van der Waals surface area contributed by atoms with Crippen molar-refractivity contribution in [1.29, 1.82) is 0 Å². The summed E-state index contributed by atoms with van der Waals surface area (Å²) in [7, 11) is 1.60. The summed E-state index contributed by atoms with van der Waals surface area (Å²) in [6.45, 7) is 9.54. The van der Waals surface area contributed by atoms with Crippen LogP contribution in [0.15, 0.2) is 65.3 Å². The van der Waals surface area contributed by atoms with Gasteiger partial charge >= 0.3 is 0 Å². The van der Waals surface area contributed by atoms with Crippen molar-refractivity contribution in [2.75, 3.05) is 20.3 Å². The van der Waals surface area contributed by atoms with Gasteiger partial charge in [0.2, 0.25) is 5.89 Å². The molecule has 6 nitrogen and oxygen atoms in total. The van der Waals surface area contributed by atoms with E-state index in [2.05, 4.69) is 72.4 Å². The van der Waals surface area contributed by atoms with Gasteiger partial charge < -0.3 is 14.5 Å². The van der Waals surface area contributed by atoms with Crippen LogP contribution in [0.2, 0.25) is 0 Å². The van der Waals surface area contributed by atoms with E-state index in [4.69, 9.17) is 9.15 Å². The molecule has 6 heteroatoms. The third-order valence-electron chi connectivity index (χ3n) is 5.21. The van der Waals surface area contributed by atoms with Gasteiger partial charge in [-0.15, -0.1) is 0 Å². The van der Waals surface area contributed by atoms with Crippen LogP contribution in [0.3, 0.4) is 0 Å². The molecule has 0 bridgehead atoms. The number of carbonyl (C=O) groups excluding carboxylic acids is 1. The van der Waals surface area contributed by atoms with Gasteiger partial charge in [0, 0.05) is 26.7 Å². The lowest BCUT2D eigenvalue weighted by Gasteiger charge is -2.23. The van der Waals surface area contributed by atoms with Crippen molar-refractivity contribution in [3.05, 3.63) is 89.1 Å². The van der Waals surface area contributed by atoms with Gasteiger partial charge in [0.1, 0.15) is 6.26 Å². The molecule has 0 aliphatic carbocycles. The molecule has 1 N–H and O–H groups in total. The highest BCUT2D eigenvalue weighted by atomic mass is 16.5. The first kappa shape index (κ1) is 23.7. The molecule has 0 atom stereocenters. The lowest BCUT2D eigenvalue weighted by molar-refractivity contribution is 0.0932. The Morgan fingerprint density at radius 1 is 1.00 bits per heavy atom. The van der Waals surface area contributed by atoms with Crippen LogP contribution in [0.25, 0.3) is 0 Å². The largest absolute Gasteiger partial charge is 0.447 e. The SMILES string of the molecule is COCCNC(=O)c1coc(CN(Cc2ccccc2)Cc2ccc(C(C)(C)C)cc2)n1. The Hall–Kier alpha value is -2.96. The Morgan fingerprint density at radius 3 is 2.28 bits per heavy atom. The molecule has 0 saturated carbocycles. The minimum atomic E-state index is -0.260. The van der Waals surface area contributed by atoms with Crippen molar-refractivity contribution in [3.63, 3.8) is 0 Å². The van der Waals surface area contributed by atoms with Crippen LogP contribution < -0.4 is 5.32 Å². The van der Waals surface area contributed by atoms with E-state index in [1.54, 1.807) is 7.11 Å². The van der Waals surface area contributed by atoms with Crippen molar-refractivity contribution in [3.8, 4) is 0 Å². The van der Waals surface area contributed by atoms with E-state index in [1.807, 2.05) is 18.2 Å². The maximum Gasteiger partial charge on any atom is 0.273 e. The van der Waals surface area contributed by atoms with E-state index in [0.29, 0.717) is 25.6 Å². The summed E-state index contributed by atoms with van der Waals surface area (Å²) in [4.78, 5) is 18.9. The van der Waals surface area contributed by atoms with Gasteiger partial charge in [-0.25, -0.2) is 4.98 Å². The maximum atomic E-state index is 12.2. The Bertz CT molecular complexity index is 976. The highest BCUT2D eigenvalue weighted by molar-refractivity contribution is 5.91. The average molecular weight is 436 g/mol. The molecule has 3 aromatic rings. The lowest BCUT2D eigenvalue weighted by Crippen LogP contribution is -2.27. The third-order valence-corrected chi connectivity index (χ3v) is 5.21.